The third-order valence-electron chi connectivity index (χ3n) is 7.48. The number of nitrogens with one attached hydrogen (secondary N) is 1. The fourth-order valence-corrected chi connectivity index (χ4v) is 6.12. The van der Waals surface area contributed by atoms with Gasteiger partial charge in [0, 0.05) is 24.2 Å². The molecule has 0 radical (unpaired) electrons. The van der Waals surface area contributed by atoms with Gasteiger partial charge in [-0.1, -0.05) is 50.2 Å². The lowest BCUT2D eigenvalue weighted by atomic mass is 10.1. The van der Waals surface area contributed by atoms with Gasteiger partial charge in [0.05, 0.1) is 22.6 Å². The summed E-state index contributed by atoms with van der Waals surface area (Å²) in [6.07, 6.45) is 1.45. The van der Waals surface area contributed by atoms with E-state index in [0.717, 1.165) is 15.9 Å². The van der Waals surface area contributed by atoms with Crippen molar-refractivity contribution in [2.24, 2.45) is 0 Å². The van der Waals surface area contributed by atoms with Gasteiger partial charge >= 0.3 is 0 Å². The zero-order chi connectivity index (χ0) is 32.4. The Hall–Kier alpha value is -4.45. The minimum absolute atomic E-state index is 0.115. The number of carbonyl (C=O) groups is 2. The molecule has 44 heavy (non-hydrogen) atoms. The number of hydrogen-bond acceptors (Lipinski definition) is 7. The average molecular weight is 625 g/mol. The number of nitro benzene ring substituents is 1. The molecule has 0 unspecified atom stereocenters. The van der Waals surface area contributed by atoms with E-state index in [1.54, 1.807) is 19.1 Å². The lowest BCUT2D eigenvalue weighted by molar-refractivity contribution is -0.385. The summed E-state index contributed by atoms with van der Waals surface area (Å²) in [6, 6.07) is 18.3. The van der Waals surface area contributed by atoms with Crippen LogP contribution >= 0.6 is 0 Å². The van der Waals surface area contributed by atoms with Crippen LogP contribution in [0.15, 0.2) is 77.7 Å². The minimum atomic E-state index is -4.48. The summed E-state index contributed by atoms with van der Waals surface area (Å²) in [6.45, 7) is 6.66. The first-order chi connectivity index (χ1) is 20.9. The monoisotopic (exact) mass is 624 g/mol. The summed E-state index contributed by atoms with van der Waals surface area (Å²) in [5.74, 6) is -0.440. The molecule has 0 aliphatic carbocycles. The second-order valence-electron chi connectivity index (χ2n) is 10.5. The Morgan fingerprint density at radius 3 is 2.23 bits per heavy atom. The zero-order valence-electron chi connectivity index (χ0n) is 25.7. The minimum Gasteiger partial charge on any atom is -0.497 e. The van der Waals surface area contributed by atoms with Crippen LogP contribution in [-0.4, -0.2) is 62.3 Å². The number of methoxy groups -OCH3 is 1. The van der Waals surface area contributed by atoms with Crippen LogP contribution in [-0.2, 0) is 26.0 Å². The second-order valence-corrected chi connectivity index (χ2v) is 12.3. The number of amides is 2. The second kappa shape index (κ2) is 15.3. The molecule has 2 atom stereocenters. The highest BCUT2D eigenvalue weighted by Crippen LogP contribution is 2.29. The predicted octanol–water partition coefficient (Wildman–Crippen LogP) is 4.87. The van der Waals surface area contributed by atoms with Crippen LogP contribution in [0.4, 0.5) is 11.4 Å². The fourth-order valence-electron chi connectivity index (χ4n) is 4.69. The topological polar surface area (TPSA) is 139 Å². The molecule has 0 spiro atoms. The Balaban J connectivity index is 2.07. The molecule has 0 saturated heterocycles. The number of ether oxygens (including phenoxy) is 1. The van der Waals surface area contributed by atoms with E-state index in [1.807, 2.05) is 44.2 Å². The van der Waals surface area contributed by atoms with Crippen molar-refractivity contribution >= 4 is 33.2 Å². The van der Waals surface area contributed by atoms with Gasteiger partial charge in [-0.25, -0.2) is 8.42 Å². The number of rotatable bonds is 15. The average Bonchev–Trinajstić information content (AvgIpc) is 3.02. The number of hydrogen-bond donors (Lipinski definition) is 1. The summed E-state index contributed by atoms with van der Waals surface area (Å²) in [7, 11) is -3.01. The van der Waals surface area contributed by atoms with Crippen molar-refractivity contribution in [1.29, 1.82) is 0 Å². The Morgan fingerprint density at radius 1 is 1.00 bits per heavy atom. The molecule has 2 amide bonds. The highest BCUT2D eigenvalue weighted by molar-refractivity contribution is 7.92. The summed E-state index contributed by atoms with van der Waals surface area (Å²) in [5.41, 5.74) is 1.05. The highest BCUT2D eigenvalue weighted by atomic mass is 32.2. The highest BCUT2D eigenvalue weighted by Gasteiger charge is 2.34. The number of benzene rings is 3. The van der Waals surface area contributed by atoms with Gasteiger partial charge in [0.15, 0.2) is 0 Å². The number of aryl methyl sites for hydroxylation is 1. The van der Waals surface area contributed by atoms with Gasteiger partial charge in [0.2, 0.25) is 11.8 Å². The molecule has 0 saturated carbocycles. The molecule has 3 aromatic rings. The SMILES string of the molecule is CC[C@@H](C)NC(=O)[C@@H](CC)N(CCc1ccccc1)C(=O)CN(c1ccc(OC)cc1)S(=O)(=O)c1ccc(C)c([N+](=O)[O-])c1. The number of carbonyl (C=O) groups excluding carboxylic acids is 2. The first kappa shape index (κ1) is 34.0. The van der Waals surface area contributed by atoms with Crippen LogP contribution in [0.25, 0.3) is 0 Å². The van der Waals surface area contributed by atoms with Crippen molar-refractivity contribution in [1.82, 2.24) is 10.2 Å². The maximum Gasteiger partial charge on any atom is 0.273 e. The third-order valence-corrected chi connectivity index (χ3v) is 9.25. The number of nitrogens with zero attached hydrogens (tertiary/aromatic N) is 3. The van der Waals surface area contributed by atoms with Crippen molar-refractivity contribution in [2.75, 3.05) is 24.5 Å². The Labute approximate surface area is 259 Å². The van der Waals surface area contributed by atoms with Crippen LogP contribution in [0.3, 0.4) is 0 Å². The van der Waals surface area contributed by atoms with Crippen LogP contribution in [0.5, 0.6) is 5.75 Å². The lowest BCUT2D eigenvalue weighted by Crippen LogP contribution is -2.54. The van der Waals surface area contributed by atoms with Crippen molar-refractivity contribution < 1.29 is 27.7 Å². The molecule has 12 heteroatoms. The maximum atomic E-state index is 14.1. The molecular formula is C32H40N4O7S. The van der Waals surface area contributed by atoms with E-state index < -0.39 is 33.4 Å². The van der Waals surface area contributed by atoms with Gasteiger partial charge in [-0.15, -0.1) is 0 Å². The molecule has 3 aromatic carbocycles. The molecule has 0 heterocycles. The molecule has 11 nitrogen and oxygen atoms in total. The summed E-state index contributed by atoms with van der Waals surface area (Å²) in [4.78, 5) is 39.6. The molecule has 236 valence electrons. The van der Waals surface area contributed by atoms with Crippen LogP contribution < -0.4 is 14.4 Å². The number of sulfonamides is 1. The Morgan fingerprint density at radius 2 is 1.66 bits per heavy atom. The van der Waals surface area contributed by atoms with Gasteiger partial charge in [0.1, 0.15) is 18.3 Å². The standard InChI is InChI=1S/C32H40N4O7S/c1-6-24(4)33-32(38)29(7-2)34(20-19-25-11-9-8-10-12-25)31(37)22-35(26-14-16-27(43-5)17-15-26)44(41,42)28-18-13-23(3)30(21-28)36(39)40/h8-18,21,24,29H,6-7,19-20,22H2,1-5H3,(H,33,38)/t24-,29-/m1/s1. The van der Waals surface area contributed by atoms with E-state index >= 15 is 0 Å². The molecule has 0 bridgehead atoms. The summed E-state index contributed by atoms with van der Waals surface area (Å²) in [5, 5.41) is 14.6. The number of anilines is 1. The van der Waals surface area contributed by atoms with E-state index in [2.05, 4.69) is 5.32 Å². The van der Waals surface area contributed by atoms with E-state index in [1.165, 1.54) is 43.2 Å². The molecule has 0 fully saturated rings. The van der Waals surface area contributed by atoms with Crippen molar-refractivity contribution in [3.8, 4) is 5.75 Å². The molecule has 0 aliphatic rings. The van der Waals surface area contributed by atoms with E-state index in [0.29, 0.717) is 30.6 Å². The van der Waals surface area contributed by atoms with Crippen LogP contribution in [0.1, 0.15) is 44.7 Å². The van der Waals surface area contributed by atoms with Crippen molar-refractivity contribution in [2.45, 2.75) is 63.9 Å². The maximum absolute atomic E-state index is 14.1. The summed E-state index contributed by atoms with van der Waals surface area (Å²) >= 11 is 0. The number of nitro groups is 1. The quantitative estimate of drug-likeness (QED) is 0.188. The first-order valence-electron chi connectivity index (χ1n) is 14.5. The molecule has 0 aromatic heterocycles. The largest absolute Gasteiger partial charge is 0.497 e. The van der Waals surface area contributed by atoms with Crippen LogP contribution in [0.2, 0.25) is 0 Å². The molecular weight excluding hydrogens is 584 g/mol. The predicted molar refractivity (Wildman–Crippen MR) is 169 cm³/mol. The van der Waals surface area contributed by atoms with Gasteiger partial charge in [-0.3, -0.25) is 24.0 Å². The molecule has 1 N–H and O–H groups in total. The van der Waals surface area contributed by atoms with Crippen molar-refractivity contribution in [3.63, 3.8) is 0 Å². The summed E-state index contributed by atoms with van der Waals surface area (Å²) < 4.78 is 34.3. The molecule has 3 rings (SSSR count). The fraction of sp³-hybridized carbons (Fsp3) is 0.375. The lowest BCUT2D eigenvalue weighted by Gasteiger charge is -2.33. The van der Waals surface area contributed by atoms with E-state index in [9.17, 15) is 28.1 Å². The van der Waals surface area contributed by atoms with E-state index in [4.69, 9.17) is 4.74 Å². The Kier molecular flexibility index (Phi) is 11.9. The van der Waals surface area contributed by atoms with Crippen molar-refractivity contribution in [3.05, 3.63) is 94.0 Å². The van der Waals surface area contributed by atoms with Gasteiger partial charge in [-0.2, -0.15) is 0 Å². The first-order valence-corrected chi connectivity index (χ1v) is 15.9. The third kappa shape index (κ3) is 8.34. The van der Waals surface area contributed by atoms with Gasteiger partial charge < -0.3 is 15.0 Å². The zero-order valence-corrected chi connectivity index (χ0v) is 26.5. The molecule has 0 aliphatic heterocycles. The normalized spacial score (nSPS) is 12.6. The van der Waals surface area contributed by atoms with Crippen LogP contribution in [0, 0.1) is 17.0 Å². The smallest absolute Gasteiger partial charge is 0.273 e. The van der Waals surface area contributed by atoms with Gasteiger partial charge in [-0.05, 0) is 69.0 Å². The van der Waals surface area contributed by atoms with Gasteiger partial charge in [0.25, 0.3) is 15.7 Å². The van der Waals surface area contributed by atoms with E-state index in [-0.39, 0.29) is 34.8 Å². The Bertz CT molecular complexity index is 1550.